The number of hydrogen-bond acceptors (Lipinski definition) is 4. The second-order valence-corrected chi connectivity index (χ2v) is 4.89. The van der Waals surface area contributed by atoms with Crippen LogP contribution < -0.4 is 5.32 Å². The van der Waals surface area contributed by atoms with Crippen molar-refractivity contribution < 1.29 is 9.53 Å². The molecule has 88 valence electrons. The average Bonchev–Trinajstić information content (AvgIpc) is 2.27. The highest BCUT2D eigenvalue weighted by Crippen LogP contribution is 2.10. The zero-order valence-electron chi connectivity index (χ0n) is 9.49. The molecule has 1 saturated heterocycles. The standard InChI is InChI=1S/C10H20N2O2S/c1-12(4-5-14-2)10(13)7-9-8-15-6-3-11-9/h9,11H,3-8H2,1-2H3. The van der Waals surface area contributed by atoms with Gasteiger partial charge in [0.05, 0.1) is 6.61 Å². The van der Waals surface area contributed by atoms with E-state index in [1.54, 1.807) is 12.0 Å². The third-order valence-electron chi connectivity index (χ3n) is 2.48. The van der Waals surface area contributed by atoms with Crippen molar-refractivity contribution in [1.82, 2.24) is 10.2 Å². The molecule has 0 saturated carbocycles. The number of nitrogens with one attached hydrogen (secondary N) is 1. The molecule has 4 nitrogen and oxygen atoms in total. The number of rotatable bonds is 5. The van der Waals surface area contributed by atoms with Crippen molar-refractivity contribution in [3.05, 3.63) is 0 Å². The summed E-state index contributed by atoms with van der Waals surface area (Å²) >= 11 is 1.92. The predicted octanol–water partition coefficient (Wildman–Crippen LogP) is 0.186. The molecule has 0 aromatic heterocycles. The van der Waals surface area contributed by atoms with E-state index in [2.05, 4.69) is 5.32 Å². The van der Waals surface area contributed by atoms with Crippen LogP contribution in [-0.2, 0) is 9.53 Å². The fourth-order valence-corrected chi connectivity index (χ4v) is 2.42. The van der Waals surface area contributed by atoms with E-state index in [-0.39, 0.29) is 5.91 Å². The molecule has 0 radical (unpaired) electrons. The quantitative estimate of drug-likeness (QED) is 0.734. The molecule has 0 bridgehead atoms. The number of ether oxygens (including phenoxy) is 1. The van der Waals surface area contributed by atoms with Crippen LogP contribution >= 0.6 is 11.8 Å². The van der Waals surface area contributed by atoms with Crippen LogP contribution in [0.25, 0.3) is 0 Å². The highest BCUT2D eigenvalue weighted by atomic mass is 32.2. The minimum atomic E-state index is 0.201. The number of methoxy groups -OCH3 is 1. The van der Waals surface area contributed by atoms with Crippen molar-refractivity contribution >= 4 is 17.7 Å². The van der Waals surface area contributed by atoms with Gasteiger partial charge in [-0.25, -0.2) is 0 Å². The molecule has 1 aliphatic rings. The van der Waals surface area contributed by atoms with E-state index in [1.807, 2.05) is 18.8 Å². The molecule has 0 aromatic rings. The summed E-state index contributed by atoms with van der Waals surface area (Å²) in [6, 6.07) is 0.348. The summed E-state index contributed by atoms with van der Waals surface area (Å²) in [5.74, 6) is 2.40. The van der Waals surface area contributed by atoms with Crippen molar-refractivity contribution in [2.24, 2.45) is 0 Å². The van der Waals surface area contributed by atoms with Crippen molar-refractivity contribution in [3.8, 4) is 0 Å². The van der Waals surface area contributed by atoms with E-state index in [0.29, 0.717) is 25.6 Å². The average molecular weight is 232 g/mol. The zero-order chi connectivity index (χ0) is 11.1. The van der Waals surface area contributed by atoms with Gasteiger partial charge < -0.3 is 15.0 Å². The fourth-order valence-electron chi connectivity index (χ4n) is 1.47. The second-order valence-electron chi connectivity index (χ2n) is 3.74. The molecule has 15 heavy (non-hydrogen) atoms. The van der Waals surface area contributed by atoms with E-state index in [9.17, 15) is 4.79 Å². The first-order valence-corrected chi connectivity index (χ1v) is 6.43. The Hall–Kier alpha value is -0.260. The SMILES string of the molecule is COCCN(C)C(=O)CC1CSCCN1. The maximum atomic E-state index is 11.7. The van der Waals surface area contributed by atoms with Crippen LogP contribution in [0.1, 0.15) is 6.42 Å². The van der Waals surface area contributed by atoms with E-state index in [1.165, 1.54) is 0 Å². The molecule has 0 aromatic carbocycles. The number of likely N-dealkylation sites (N-methyl/N-ethyl adjacent to an activating group) is 1. The van der Waals surface area contributed by atoms with Gasteiger partial charge in [0, 0.05) is 51.2 Å². The largest absolute Gasteiger partial charge is 0.383 e. The maximum absolute atomic E-state index is 11.7. The summed E-state index contributed by atoms with van der Waals surface area (Å²) in [6.07, 6.45) is 0.604. The molecule has 1 amide bonds. The molecule has 1 fully saturated rings. The minimum Gasteiger partial charge on any atom is -0.383 e. The number of amides is 1. The topological polar surface area (TPSA) is 41.6 Å². The van der Waals surface area contributed by atoms with Crippen molar-refractivity contribution in [2.45, 2.75) is 12.5 Å². The van der Waals surface area contributed by atoms with Gasteiger partial charge in [0.15, 0.2) is 0 Å². The smallest absolute Gasteiger partial charge is 0.223 e. The maximum Gasteiger partial charge on any atom is 0.223 e. The van der Waals surface area contributed by atoms with Crippen LogP contribution in [0.3, 0.4) is 0 Å². The lowest BCUT2D eigenvalue weighted by atomic mass is 10.2. The Morgan fingerprint density at radius 3 is 3.07 bits per heavy atom. The molecule has 1 heterocycles. The van der Waals surface area contributed by atoms with Crippen molar-refractivity contribution in [1.29, 1.82) is 0 Å². The van der Waals surface area contributed by atoms with Gasteiger partial charge in [-0.2, -0.15) is 11.8 Å². The lowest BCUT2D eigenvalue weighted by Gasteiger charge is -2.25. The van der Waals surface area contributed by atoms with E-state index >= 15 is 0 Å². The minimum absolute atomic E-state index is 0.201. The first-order valence-electron chi connectivity index (χ1n) is 5.28. The summed E-state index contributed by atoms with van der Waals surface area (Å²) in [5.41, 5.74) is 0. The summed E-state index contributed by atoms with van der Waals surface area (Å²) in [4.78, 5) is 13.5. The number of thioether (sulfide) groups is 1. The van der Waals surface area contributed by atoms with Crippen molar-refractivity contribution in [2.75, 3.05) is 45.4 Å². The molecule has 0 spiro atoms. The molecule has 5 heteroatoms. The lowest BCUT2D eigenvalue weighted by Crippen LogP contribution is -2.42. The highest BCUT2D eigenvalue weighted by Gasteiger charge is 2.18. The van der Waals surface area contributed by atoms with Gasteiger partial charge in [-0.3, -0.25) is 4.79 Å². The van der Waals surface area contributed by atoms with Crippen LogP contribution in [0.4, 0.5) is 0 Å². The van der Waals surface area contributed by atoms with Crippen LogP contribution in [-0.4, -0.2) is 62.2 Å². The lowest BCUT2D eigenvalue weighted by molar-refractivity contribution is -0.130. The van der Waals surface area contributed by atoms with Gasteiger partial charge in [-0.1, -0.05) is 0 Å². The molecule has 0 aliphatic carbocycles. The highest BCUT2D eigenvalue weighted by molar-refractivity contribution is 7.99. The monoisotopic (exact) mass is 232 g/mol. The Morgan fingerprint density at radius 1 is 1.67 bits per heavy atom. The van der Waals surface area contributed by atoms with Crippen LogP contribution in [0.15, 0.2) is 0 Å². The Bertz CT molecular complexity index is 196. The molecule has 1 atom stereocenters. The molecular formula is C10H20N2O2S. The van der Waals surface area contributed by atoms with Gasteiger partial charge in [0.1, 0.15) is 0 Å². The number of carbonyl (C=O) groups is 1. The van der Waals surface area contributed by atoms with Gasteiger partial charge in [0.25, 0.3) is 0 Å². The third-order valence-corrected chi connectivity index (χ3v) is 3.61. The predicted molar refractivity (Wildman–Crippen MR) is 63.2 cm³/mol. The fraction of sp³-hybridized carbons (Fsp3) is 0.900. The van der Waals surface area contributed by atoms with Gasteiger partial charge in [0.2, 0.25) is 5.91 Å². The van der Waals surface area contributed by atoms with Gasteiger partial charge in [-0.05, 0) is 0 Å². The van der Waals surface area contributed by atoms with Crippen molar-refractivity contribution in [3.63, 3.8) is 0 Å². The molecule has 1 N–H and O–H groups in total. The Balaban J connectivity index is 2.20. The number of hydrogen-bond donors (Lipinski definition) is 1. The van der Waals surface area contributed by atoms with Gasteiger partial charge >= 0.3 is 0 Å². The first-order chi connectivity index (χ1) is 7.24. The normalized spacial score (nSPS) is 21.3. The molecule has 1 rings (SSSR count). The van der Waals surface area contributed by atoms with E-state index < -0.39 is 0 Å². The summed E-state index contributed by atoms with van der Waals surface area (Å²) in [5, 5.41) is 3.36. The van der Waals surface area contributed by atoms with E-state index in [0.717, 1.165) is 18.1 Å². The van der Waals surface area contributed by atoms with Crippen LogP contribution in [0.5, 0.6) is 0 Å². The summed E-state index contributed by atoms with van der Waals surface area (Å²) in [6.45, 7) is 2.30. The second kappa shape index (κ2) is 7.09. The molecule has 1 aliphatic heterocycles. The summed E-state index contributed by atoms with van der Waals surface area (Å²) < 4.78 is 4.94. The third kappa shape index (κ3) is 4.86. The first kappa shape index (κ1) is 12.8. The van der Waals surface area contributed by atoms with Crippen LogP contribution in [0.2, 0.25) is 0 Å². The van der Waals surface area contributed by atoms with Crippen LogP contribution in [0, 0.1) is 0 Å². The zero-order valence-corrected chi connectivity index (χ0v) is 10.3. The number of nitrogens with zero attached hydrogens (tertiary/aromatic N) is 1. The molecule has 1 unspecified atom stereocenters. The molecular weight excluding hydrogens is 212 g/mol. The summed E-state index contributed by atoms with van der Waals surface area (Å²) in [7, 11) is 3.48. The Kier molecular flexibility index (Phi) is 6.05. The Labute approximate surface area is 95.7 Å². The van der Waals surface area contributed by atoms with E-state index in [4.69, 9.17) is 4.74 Å². The van der Waals surface area contributed by atoms with Gasteiger partial charge in [-0.15, -0.1) is 0 Å². The Morgan fingerprint density at radius 2 is 2.47 bits per heavy atom. The number of carbonyl (C=O) groups excluding carboxylic acids is 1.